The van der Waals surface area contributed by atoms with Crippen molar-refractivity contribution in [3.05, 3.63) is 30.1 Å². The Morgan fingerprint density at radius 1 is 1.42 bits per heavy atom. The molecule has 1 unspecified atom stereocenters. The summed E-state index contributed by atoms with van der Waals surface area (Å²) in [4.78, 5) is 22.0. The van der Waals surface area contributed by atoms with E-state index >= 15 is 0 Å². The van der Waals surface area contributed by atoms with Crippen molar-refractivity contribution >= 4 is 16.9 Å². The van der Waals surface area contributed by atoms with Gasteiger partial charge < -0.3 is 9.88 Å². The number of hydrogen-bond acceptors (Lipinski definition) is 2. The van der Waals surface area contributed by atoms with E-state index in [4.69, 9.17) is 0 Å². The molecule has 0 radical (unpaired) electrons. The van der Waals surface area contributed by atoms with Crippen molar-refractivity contribution in [1.29, 1.82) is 0 Å². The van der Waals surface area contributed by atoms with Crippen LogP contribution < -0.4 is 0 Å². The third-order valence-corrected chi connectivity index (χ3v) is 3.97. The first-order valence-electron chi connectivity index (χ1n) is 6.97. The molecule has 0 saturated carbocycles. The van der Waals surface area contributed by atoms with E-state index in [1.165, 1.54) is 6.42 Å². The van der Waals surface area contributed by atoms with Gasteiger partial charge in [-0.25, -0.2) is 0 Å². The fourth-order valence-corrected chi connectivity index (χ4v) is 2.75. The predicted octanol–water partition coefficient (Wildman–Crippen LogP) is 2.83. The number of hydrogen-bond donors (Lipinski definition) is 1. The van der Waals surface area contributed by atoms with Gasteiger partial charge in [0.1, 0.15) is 5.52 Å². The van der Waals surface area contributed by atoms with Gasteiger partial charge in [-0.1, -0.05) is 6.92 Å². The number of likely N-dealkylation sites (tertiary alicyclic amines) is 1. The van der Waals surface area contributed by atoms with Crippen molar-refractivity contribution in [3.63, 3.8) is 0 Å². The number of amides is 1. The van der Waals surface area contributed by atoms with Crippen molar-refractivity contribution in [2.75, 3.05) is 13.1 Å². The molecule has 1 amide bonds. The Hall–Kier alpha value is -1.84. The molecule has 1 N–H and O–H groups in total. The zero-order chi connectivity index (χ0) is 13.2. The average Bonchev–Trinajstić information content (AvgIpc) is 2.74. The van der Waals surface area contributed by atoms with E-state index in [0.29, 0.717) is 5.56 Å². The Balaban J connectivity index is 1.87. The highest BCUT2D eigenvalue weighted by atomic mass is 16.2. The summed E-state index contributed by atoms with van der Waals surface area (Å²) in [5, 5.41) is 0. The SMILES string of the molecule is CC1CCCN(C(=O)c2c[nH]c3cccnc23)CC1. The summed E-state index contributed by atoms with van der Waals surface area (Å²) in [6, 6.07) is 3.82. The lowest BCUT2D eigenvalue weighted by Crippen LogP contribution is -2.31. The Bertz CT molecular complexity index is 590. The molecule has 0 aliphatic carbocycles. The quantitative estimate of drug-likeness (QED) is 0.854. The monoisotopic (exact) mass is 257 g/mol. The van der Waals surface area contributed by atoms with E-state index in [2.05, 4.69) is 16.9 Å². The van der Waals surface area contributed by atoms with Crippen LogP contribution in [0.15, 0.2) is 24.5 Å². The van der Waals surface area contributed by atoms with Crippen LogP contribution in [0.1, 0.15) is 36.5 Å². The molecule has 2 aromatic heterocycles. The van der Waals surface area contributed by atoms with Gasteiger partial charge in [-0.2, -0.15) is 0 Å². The average molecular weight is 257 g/mol. The highest BCUT2D eigenvalue weighted by Gasteiger charge is 2.22. The molecule has 3 heterocycles. The van der Waals surface area contributed by atoms with Crippen molar-refractivity contribution in [2.24, 2.45) is 5.92 Å². The van der Waals surface area contributed by atoms with Gasteiger partial charge in [-0.05, 0) is 37.3 Å². The second-order valence-electron chi connectivity index (χ2n) is 5.43. The number of rotatable bonds is 1. The summed E-state index contributed by atoms with van der Waals surface area (Å²) in [6.45, 7) is 3.99. The smallest absolute Gasteiger partial charge is 0.257 e. The molecular formula is C15H19N3O. The van der Waals surface area contributed by atoms with Gasteiger partial charge in [0, 0.05) is 25.5 Å². The molecule has 4 nitrogen and oxygen atoms in total. The zero-order valence-electron chi connectivity index (χ0n) is 11.2. The summed E-state index contributed by atoms with van der Waals surface area (Å²) in [5.74, 6) is 0.831. The maximum absolute atomic E-state index is 12.6. The van der Waals surface area contributed by atoms with E-state index < -0.39 is 0 Å². The number of H-pyrrole nitrogens is 1. The van der Waals surface area contributed by atoms with Crippen LogP contribution in [0.2, 0.25) is 0 Å². The number of fused-ring (bicyclic) bond motifs is 1. The summed E-state index contributed by atoms with van der Waals surface area (Å²) < 4.78 is 0. The lowest BCUT2D eigenvalue weighted by molar-refractivity contribution is 0.0762. The number of carbonyl (C=O) groups excluding carboxylic acids is 1. The second kappa shape index (κ2) is 5.03. The third-order valence-electron chi connectivity index (χ3n) is 3.97. The first-order valence-corrected chi connectivity index (χ1v) is 6.97. The highest BCUT2D eigenvalue weighted by Crippen LogP contribution is 2.21. The summed E-state index contributed by atoms with van der Waals surface area (Å²) in [6.07, 6.45) is 6.94. The summed E-state index contributed by atoms with van der Waals surface area (Å²) in [5.41, 5.74) is 2.41. The van der Waals surface area contributed by atoms with Crippen molar-refractivity contribution in [1.82, 2.24) is 14.9 Å². The van der Waals surface area contributed by atoms with E-state index in [1.54, 1.807) is 12.4 Å². The maximum Gasteiger partial charge on any atom is 0.257 e. The minimum Gasteiger partial charge on any atom is -0.359 e. The Morgan fingerprint density at radius 3 is 3.21 bits per heavy atom. The molecule has 3 rings (SSSR count). The fraction of sp³-hybridized carbons (Fsp3) is 0.467. The van der Waals surface area contributed by atoms with Crippen LogP contribution in [0.4, 0.5) is 0 Å². The van der Waals surface area contributed by atoms with Crippen LogP contribution in [0.5, 0.6) is 0 Å². The lowest BCUT2D eigenvalue weighted by atomic mass is 10.0. The molecule has 4 heteroatoms. The minimum absolute atomic E-state index is 0.110. The number of aromatic amines is 1. The number of nitrogens with one attached hydrogen (secondary N) is 1. The Morgan fingerprint density at radius 2 is 2.32 bits per heavy atom. The highest BCUT2D eigenvalue weighted by molar-refractivity contribution is 6.05. The molecule has 100 valence electrons. The molecule has 2 aromatic rings. The van der Waals surface area contributed by atoms with Crippen LogP contribution in [-0.2, 0) is 0 Å². The molecule has 0 spiro atoms. The predicted molar refractivity (Wildman–Crippen MR) is 75.0 cm³/mol. The molecule has 1 saturated heterocycles. The molecule has 1 atom stereocenters. The molecule has 1 aliphatic heterocycles. The number of carbonyl (C=O) groups is 1. The van der Waals surface area contributed by atoms with Crippen molar-refractivity contribution in [3.8, 4) is 0 Å². The van der Waals surface area contributed by atoms with Crippen molar-refractivity contribution in [2.45, 2.75) is 26.2 Å². The van der Waals surface area contributed by atoms with Crippen LogP contribution in [0.25, 0.3) is 11.0 Å². The number of pyridine rings is 1. The molecule has 1 fully saturated rings. The van der Waals surface area contributed by atoms with Gasteiger partial charge in [0.05, 0.1) is 11.1 Å². The van der Waals surface area contributed by atoms with Gasteiger partial charge in [-0.3, -0.25) is 9.78 Å². The van der Waals surface area contributed by atoms with Gasteiger partial charge in [0.25, 0.3) is 5.91 Å². The lowest BCUT2D eigenvalue weighted by Gasteiger charge is -2.19. The van der Waals surface area contributed by atoms with Crippen LogP contribution in [0, 0.1) is 5.92 Å². The normalized spacial score (nSPS) is 20.5. The topological polar surface area (TPSA) is 49.0 Å². The summed E-state index contributed by atoms with van der Waals surface area (Å²) >= 11 is 0. The molecular weight excluding hydrogens is 238 g/mol. The number of aromatic nitrogens is 2. The van der Waals surface area contributed by atoms with Gasteiger partial charge in [-0.15, -0.1) is 0 Å². The largest absolute Gasteiger partial charge is 0.359 e. The minimum atomic E-state index is 0.110. The van der Waals surface area contributed by atoms with Gasteiger partial charge in [0.2, 0.25) is 0 Å². The second-order valence-corrected chi connectivity index (χ2v) is 5.43. The van der Waals surface area contributed by atoms with Gasteiger partial charge in [0.15, 0.2) is 0 Å². The Kier molecular flexibility index (Phi) is 3.23. The first kappa shape index (κ1) is 12.2. The molecule has 1 aliphatic rings. The standard InChI is InChI=1S/C15H19N3O/c1-11-4-3-8-18(9-6-11)15(19)12-10-17-13-5-2-7-16-14(12)13/h2,5,7,10-11,17H,3-4,6,8-9H2,1H3. The van der Waals surface area contributed by atoms with E-state index in [0.717, 1.165) is 42.9 Å². The van der Waals surface area contributed by atoms with Crippen LogP contribution >= 0.6 is 0 Å². The summed E-state index contributed by atoms with van der Waals surface area (Å²) in [7, 11) is 0. The molecule has 19 heavy (non-hydrogen) atoms. The zero-order valence-corrected chi connectivity index (χ0v) is 11.2. The Labute approximate surface area is 112 Å². The van der Waals surface area contributed by atoms with E-state index in [1.807, 2.05) is 17.0 Å². The third kappa shape index (κ3) is 2.35. The van der Waals surface area contributed by atoms with E-state index in [9.17, 15) is 4.79 Å². The van der Waals surface area contributed by atoms with E-state index in [-0.39, 0.29) is 5.91 Å². The van der Waals surface area contributed by atoms with Crippen molar-refractivity contribution < 1.29 is 4.79 Å². The molecule has 0 aromatic carbocycles. The first-order chi connectivity index (χ1) is 9.25. The number of nitrogens with zero attached hydrogens (tertiary/aromatic N) is 2. The van der Waals surface area contributed by atoms with Gasteiger partial charge >= 0.3 is 0 Å². The molecule has 0 bridgehead atoms. The van der Waals surface area contributed by atoms with Crippen LogP contribution in [-0.4, -0.2) is 33.9 Å². The fourth-order valence-electron chi connectivity index (χ4n) is 2.75. The van der Waals surface area contributed by atoms with Crippen LogP contribution in [0.3, 0.4) is 0 Å². The maximum atomic E-state index is 12.6.